The molecule has 2 aliphatic heterocycles. The molecule has 26 heavy (non-hydrogen) atoms. The Morgan fingerprint density at radius 3 is 2.50 bits per heavy atom. The van der Waals surface area contributed by atoms with Gasteiger partial charge in [0.25, 0.3) is 0 Å². The maximum atomic E-state index is 12.5. The third-order valence-corrected chi connectivity index (χ3v) is 5.91. The van der Waals surface area contributed by atoms with Crippen molar-refractivity contribution in [2.24, 2.45) is 10.9 Å². The third-order valence-electron chi connectivity index (χ3n) is 5.91. The van der Waals surface area contributed by atoms with Crippen molar-refractivity contribution in [1.29, 1.82) is 0 Å². The van der Waals surface area contributed by atoms with Crippen LogP contribution in [0.3, 0.4) is 0 Å². The fourth-order valence-corrected chi connectivity index (χ4v) is 4.41. The summed E-state index contributed by atoms with van der Waals surface area (Å²) in [6.45, 7) is 6.37. The van der Waals surface area contributed by atoms with Gasteiger partial charge in [0.2, 0.25) is 5.91 Å². The third kappa shape index (κ3) is 6.25. The predicted octanol–water partition coefficient (Wildman–Crippen LogP) is 2.05. The lowest BCUT2D eigenvalue weighted by atomic mass is 10.1. The van der Waals surface area contributed by atoms with E-state index in [2.05, 4.69) is 25.4 Å². The number of carbonyl (C=O) groups excluding carboxylic acids is 1. The number of rotatable bonds is 6. The van der Waals surface area contributed by atoms with Crippen molar-refractivity contribution in [3.63, 3.8) is 0 Å². The molecule has 3 fully saturated rings. The molecule has 150 valence electrons. The number of carbonyl (C=O) groups is 1. The predicted molar refractivity (Wildman–Crippen MR) is 117 cm³/mol. The molecule has 3 rings (SSSR count). The van der Waals surface area contributed by atoms with E-state index in [0.29, 0.717) is 17.9 Å². The van der Waals surface area contributed by atoms with Gasteiger partial charge < -0.3 is 20.4 Å². The summed E-state index contributed by atoms with van der Waals surface area (Å²) in [6, 6.07) is 0.329. The highest BCUT2D eigenvalue weighted by molar-refractivity contribution is 14.0. The number of hydrogen-bond acceptors (Lipinski definition) is 3. The zero-order valence-electron chi connectivity index (χ0n) is 16.2. The smallest absolute Gasteiger partial charge is 0.225 e. The van der Waals surface area contributed by atoms with Crippen molar-refractivity contribution in [2.45, 2.75) is 57.4 Å². The van der Waals surface area contributed by atoms with Crippen LogP contribution in [0.25, 0.3) is 0 Å². The summed E-state index contributed by atoms with van der Waals surface area (Å²) in [4.78, 5) is 21.5. The minimum absolute atomic E-state index is 0. The van der Waals surface area contributed by atoms with Crippen LogP contribution in [0.5, 0.6) is 0 Å². The number of nitrogens with zero attached hydrogens (tertiary/aromatic N) is 3. The standard InChI is InChI=1S/C19H35N5O.HI/c1-20-19(21-10-6-13-23-11-4-5-12-23)22-17-9-14-24(15-17)18(25)16-7-2-3-8-16;/h16-17H,2-15H2,1H3,(H2,20,21,22);1H. The van der Waals surface area contributed by atoms with E-state index in [-0.39, 0.29) is 24.0 Å². The number of amides is 1. The van der Waals surface area contributed by atoms with Gasteiger partial charge >= 0.3 is 0 Å². The molecular weight excluding hydrogens is 441 g/mol. The van der Waals surface area contributed by atoms with Crippen LogP contribution in [0.4, 0.5) is 0 Å². The monoisotopic (exact) mass is 477 g/mol. The van der Waals surface area contributed by atoms with E-state index in [4.69, 9.17) is 0 Å². The van der Waals surface area contributed by atoms with Crippen LogP contribution in [0, 0.1) is 5.92 Å². The van der Waals surface area contributed by atoms with Gasteiger partial charge in [-0.2, -0.15) is 0 Å². The number of halogens is 1. The van der Waals surface area contributed by atoms with E-state index in [9.17, 15) is 4.79 Å². The molecular formula is C19H36IN5O. The minimum Gasteiger partial charge on any atom is -0.356 e. The first-order valence-electron chi connectivity index (χ1n) is 10.2. The number of likely N-dealkylation sites (tertiary alicyclic amines) is 2. The molecule has 0 aromatic rings. The van der Waals surface area contributed by atoms with E-state index in [1.165, 1.54) is 45.3 Å². The first-order chi connectivity index (χ1) is 12.3. The van der Waals surface area contributed by atoms with Crippen LogP contribution in [-0.4, -0.2) is 74.0 Å². The first-order valence-corrected chi connectivity index (χ1v) is 10.2. The summed E-state index contributed by atoms with van der Waals surface area (Å²) in [5.41, 5.74) is 0. The Hall–Kier alpha value is -0.570. The summed E-state index contributed by atoms with van der Waals surface area (Å²) < 4.78 is 0. The summed E-state index contributed by atoms with van der Waals surface area (Å²) >= 11 is 0. The Labute approximate surface area is 175 Å². The lowest BCUT2D eigenvalue weighted by molar-refractivity contribution is -0.134. The molecule has 2 N–H and O–H groups in total. The molecule has 2 heterocycles. The van der Waals surface area contributed by atoms with Crippen molar-refractivity contribution in [3.05, 3.63) is 0 Å². The van der Waals surface area contributed by atoms with Crippen molar-refractivity contribution in [1.82, 2.24) is 20.4 Å². The number of aliphatic imine (C=N–C) groups is 1. The van der Waals surface area contributed by atoms with E-state index >= 15 is 0 Å². The zero-order chi connectivity index (χ0) is 17.5. The quantitative estimate of drug-likeness (QED) is 0.266. The fourth-order valence-electron chi connectivity index (χ4n) is 4.41. The Morgan fingerprint density at radius 2 is 1.81 bits per heavy atom. The van der Waals surface area contributed by atoms with E-state index in [1.54, 1.807) is 0 Å². The van der Waals surface area contributed by atoms with Crippen LogP contribution in [0.2, 0.25) is 0 Å². The molecule has 3 aliphatic rings. The summed E-state index contributed by atoms with van der Waals surface area (Å²) in [5, 5.41) is 6.93. The summed E-state index contributed by atoms with van der Waals surface area (Å²) in [5.74, 6) is 1.55. The number of guanidine groups is 1. The van der Waals surface area contributed by atoms with Crippen LogP contribution in [-0.2, 0) is 4.79 Å². The Balaban J connectivity index is 0.00000243. The molecule has 6 nitrogen and oxygen atoms in total. The Morgan fingerprint density at radius 1 is 1.08 bits per heavy atom. The normalized spacial score (nSPS) is 24.7. The largest absolute Gasteiger partial charge is 0.356 e. The van der Waals surface area contributed by atoms with Gasteiger partial charge in [-0.05, 0) is 58.2 Å². The lowest BCUT2D eigenvalue weighted by Crippen LogP contribution is -2.45. The van der Waals surface area contributed by atoms with E-state index < -0.39 is 0 Å². The maximum absolute atomic E-state index is 12.5. The van der Waals surface area contributed by atoms with Crippen LogP contribution in [0.15, 0.2) is 4.99 Å². The molecule has 1 aliphatic carbocycles. The molecule has 0 aromatic carbocycles. The molecule has 0 bridgehead atoms. The summed E-state index contributed by atoms with van der Waals surface area (Å²) in [7, 11) is 1.83. The second-order valence-corrected chi connectivity index (χ2v) is 7.80. The van der Waals surface area contributed by atoms with Gasteiger partial charge in [0.15, 0.2) is 5.96 Å². The van der Waals surface area contributed by atoms with Gasteiger partial charge in [-0.15, -0.1) is 24.0 Å². The van der Waals surface area contributed by atoms with Crippen molar-refractivity contribution in [3.8, 4) is 0 Å². The highest BCUT2D eigenvalue weighted by atomic mass is 127. The van der Waals surface area contributed by atoms with Gasteiger partial charge in [0, 0.05) is 38.6 Å². The second-order valence-electron chi connectivity index (χ2n) is 7.80. The number of hydrogen-bond donors (Lipinski definition) is 2. The molecule has 2 saturated heterocycles. The van der Waals surface area contributed by atoms with E-state index in [1.807, 2.05) is 7.05 Å². The molecule has 1 saturated carbocycles. The van der Waals surface area contributed by atoms with Crippen molar-refractivity contribution in [2.75, 3.05) is 46.3 Å². The van der Waals surface area contributed by atoms with Gasteiger partial charge in [-0.25, -0.2) is 0 Å². The average molecular weight is 477 g/mol. The van der Waals surface area contributed by atoms with Crippen molar-refractivity contribution < 1.29 is 4.79 Å². The Bertz CT molecular complexity index is 461. The van der Waals surface area contributed by atoms with Crippen LogP contribution < -0.4 is 10.6 Å². The number of nitrogens with one attached hydrogen (secondary N) is 2. The fraction of sp³-hybridized carbons (Fsp3) is 0.895. The zero-order valence-corrected chi connectivity index (χ0v) is 18.5. The van der Waals surface area contributed by atoms with Crippen LogP contribution >= 0.6 is 24.0 Å². The average Bonchev–Trinajstić information content (AvgIpc) is 3.39. The minimum atomic E-state index is 0. The van der Waals surface area contributed by atoms with Crippen LogP contribution in [0.1, 0.15) is 51.4 Å². The Kier molecular flexibility index (Phi) is 9.45. The van der Waals surface area contributed by atoms with Gasteiger partial charge in [0.1, 0.15) is 0 Å². The molecule has 1 atom stereocenters. The van der Waals surface area contributed by atoms with Crippen molar-refractivity contribution >= 4 is 35.8 Å². The molecule has 0 aromatic heterocycles. The topological polar surface area (TPSA) is 60.0 Å². The maximum Gasteiger partial charge on any atom is 0.225 e. The molecule has 1 amide bonds. The highest BCUT2D eigenvalue weighted by Crippen LogP contribution is 2.27. The first kappa shape index (κ1) is 21.7. The van der Waals surface area contributed by atoms with Gasteiger partial charge in [-0.3, -0.25) is 9.79 Å². The molecule has 7 heteroatoms. The molecule has 0 radical (unpaired) electrons. The summed E-state index contributed by atoms with van der Waals surface area (Å²) in [6.07, 6.45) is 9.51. The molecule has 1 unspecified atom stereocenters. The second kappa shape index (κ2) is 11.3. The van der Waals surface area contributed by atoms with Gasteiger partial charge in [0.05, 0.1) is 0 Å². The highest BCUT2D eigenvalue weighted by Gasteiger charge is 2.32. The van der Waals surface area contributed by atoms with E-state index in [0.717, 1.165) is 51.3 Å². The lowest BCUT2D eigenvalue weighted by Gasteiger charge is -2.21. The molecule has 0 spiro atoms. The SMILES string of the molecule is CN=C(NCCCN1CCCC1)NC1CCN(C(=O)C2CCCC2)C1.I. The van der Waals surface area contributed by atoms with Gasteiger partial charge in [-0.1, -0.05) is 12.8 Å².